The molecule has 0 saturated heterocycles. The van der Waals surface area contributed by atoms with Gasteiger partial charge in [-0.3, -0.25) is 4.79 Å². The molecule has 23 heavy (non-hydrogen) atoms. The van der Waals surface area contributed by atoms with Crippen molar-refractivity contribution >= 4 is 21.1 Å². The Balaban J connectivity index is 1.62. The highest BCUT2D eigenvalue weighted by atomic mass is 32.2. The maximum Gasteiger partial charge on any atom is 0.277 e. The van der Waals surface area contributed by atoms with Crippen LogP contribution in [0.25, 0.3) is 10.9 Å². The molecule has 0 radical (unpaired) electrons. The number of benzene rings is 1. The van der Waals surface area contributed by atoms with Crippen LogP contribution in [0.15, 0.2) is 35.1 Å². The first-order chi connectivity index (χ1) is 11.0. The smallest absolute Gasteiger partial charge is 0.277 e. The number of H-pyrrole nitrogens is 1. The van der Waals surface area contributed by atoms with Crippen molar-refractivity contribution in [2.75, 3.05) is 6.54 Å². The van der Waals surface area contributed by atoms with Crippen LogP contribution in [0.5, 0.6) is 0 Å². The van der Waals surface area contributed by atoms with Crippen LogP contribution in [0.2, 0.25) is 0 Å². The summed E-state index contributed by atoms with van der Waals surface area (Å²) in [4.78, 5) is 14.8. The predicted octanol–water partition coefficient (Wildman–Crippen LogP) is 1.44. The van der Waals surface area contributed by atoms with Crippen molar-refractivity contribution < 1.29 is 8.42 Å². The Kier molecular flexibility index (Phi) is 4.79. The van der Waals surface area contributed by atoms with E-state index in [2.05, 4.69) is 14.4 Å². The first kappa shape index (κ1) is 16.2. The zero-order valence-corrected chi connectivity index (χ0v) is 13.7. The van der Waals surface area contributed by atoms with E-state index in [4.69, 9.17) is 0 Å². The lowest BCUT2D eigenvalue weighted by Crippen LogP contribution is -2.42. The summed E-state index contributed by atoms with van der Waals surface area (Å²) in [6.07, 6.45) is 4.28. The number of aromatic amines is 1. The highest BCUT2D eigenvalue weighted by Gasteiger charge is 2.20. The number of nitrogens with one attached hydrogen (secondary N) is 3. The molecule has 0 atom stereocenters. The fourth-order valence-corrected chi connectivity index (χ4v) is 4.13. The van der Waals surface area contributed by atoms with Crippen molar-refractivity contribution in [1.82, 2.24) is 14.4 Å². The topological polar surface area (TPSA) is 91.1 Å². The van der Waals surface area contributed by atoms with Crippen LogP contribution in [-0.4, -0.2) is 26.0 Å². The molecule has 1 fully saturated rings. The molecule has 0 amide bonds. The van der Waals surface area contributed by atoms with Crippen LogP contribution in [-0.2, 0) is 16.6 Å². The molecule has 1 aromatic heterocycles. The van der Waals surface area contributed by atoms with Crippen LogP contribution < -0.4 is 15.0 Å². The molecular weight excluding hydrogens is 314 g/mol. The van der Waals surface area contributed by atoms with E-state index >= 15 is 0 Å². The summed E-state index contributed by atoms with van der Waals surface area (Å²) < 4.78 is 29.1. The summed E-state index contributed by atoms with van der Waals surface area (Å²) in [7, 11) is -3.50. The van der Waals surface area contributed by atoms with Gasteiger partial charge in [0.15, 0.2) is 0 Å². The van der Waals surface area contributed by atoms with Crippen molar-refractivity contribution in [3.05, 3.63) is 46.2 Å². The molecule has 1 heterocycles. The van der Waals surface area contributed by atoms with E-state index < -0.39 is 10.2 Å². The lowest BCUT2D eigenvalue weighted by molar-refractivity contribution is 0.539. The molecule has 0 aliphatic heterocycles. The van der Waals surface area contributed by atoms with Crippen molar-refractivity contribution in [3.8, 4) is 0 Å². The fourth-order valence-electron chi connectivity index (χ4n) is 3.00. The number of fused-ring (bicyclic) bond motifs is 1. The third-order valence-corrected chi connectivity index (χ3v) is 5.42. The second-order valence-corrected chi connectivity index (χ2v) is 7.49. The van der Waals surface area contributed by atoms with Gasteiger partial charge in [-0.15, -0.1) is 0 Å². The van der Waals surface area contributed by atoms with Gasteiger partial charge in [-0.2, -0.15) is 13.1 Å². The van der Waals surface area contributed by atoms with Gasteiger partial charge in [0.05, 0.1) is 0 Å². The summed E-state index contributed by atoms with van der Waals surface area (Å²) in [5, 5.41) is 0.939. The van der Waals surface area contributed by atoms with Crippen molar-refractivity contribution in [3.63, 3.8) is 0 Å². The van der Waals surface area contributed by atoms with Crippen LogP contribution >= 0.6 is 0 Å². The zero-order chi connectivity index (χ0) is 16.3. The van der Waals surface area contributed by atoms with Gasteiger partial charge in [0.2, 0.25) is 0 Å². The normalized spacial score (nSPS) is 16.2. The third kappa shape index (κ3) is 4.19. The van der Waals surface area contributed by atoms with Gasteiger partial charge in [-0.1, -0.05) is 31.0 Å². The number of para-hydroxylation sites is 1. The summed E-state index contributed by atoms with van der Waals surface area (Å²) in [5.74, 6) is 0. The van der Waals surface area contributed by atoms with Crippen molar-refractivity contribution in [2.45, 2.75) is 38.1 Å². The van der Waals surface area contributed by atoms with E-state index in [-0.39, 0.29) is 18.1 Å². The van der Waals surface area contributed by atoms with Gasteiger partial charge < -0.3 is 4.98 Å². The minimum Gasteiger partial charge on any atom is -0.322 e. The molecule has 3 rings (SSSR count). The van der Waals surface area contributed by atoms with E-state index in [0.29, 0.717) is 12.0 Å². The van der Waals surface area contributed by atoms with Crippen molar-refractivity contribution in [1.29, 1.82) is 0 Å². The van der Waals surface area contributed by atoms with Crippen molar-refractivity contribution in [2.24, 2.45) is 0 Å². The highest BCUT2D eigenvalue weighted by molar-refractivity contribution is 7.87. The Morgan fingerprint density at radius 1 is 1.17 bits per heavy atom. The summed E-state index contributed by atoms with van der Waals surface area (Å²) in [6.45, 7) is 0.198. The van der Waals surface area contributed by atoms with E-state index in [9.17, 15) is 13.2 Å². The molecule has 2 aromatic rings. The largest absolute Gasteiger partial charge is 0.322 e. The number of aromatic nitrogens is 1. The van der Waals surface area contributed by atoms with Gasteiger partial charge in [-0.05, 0) is 36.8 Å². The fraction of sp³-hybridized carbons (Fsp3) is 0.438. The first-order valence-corrected chi connectivity index (χ1v) is 9.40. The van der Waals surface area contributed by atoms with Gasteiger partial charge in [-0.25, -0.2) is 4.72 Å². The molecule has 1 aromatic carbocycles. The Bertz CT molecular complexity index is 839. The average molecular weight is 335 g/mol. The van der Waals surface area contributed by atoms with E-state index in [0.717, 1.165) is 36.6 Å². The average Bonchev–Trinajstić information content (AvgIpc) is 2.99. The minimum atomic E-state index is -3.50. The maximum atomic E-state index is 12.0. The predicted molar refractivity (Wildman–Crippen MR) is 90.6 cm³/mol. The van der Waals surface area contributed by atoms with Crippen LogP contribution in [0.1, 0.15) is 31.2 Å². The quantitative estimate of drug-likeness (QED) is 0.746. The highest BCUT2D eigenvalue weighted by Crippen LogP contribution is 2.18. The molecule has 0 unspecified atom stereocenters. The minimum absolute atomic E-state index is 0.0385. The Labute approximate surface area is 135 Å². The van der Waals surface area contributed by atoms with E-state index in [1.165, 1.54) is 0 Å². The van der Waals surface area contributed by atoms with Gasteiger partial charge >= 0.3 is 0 Å². The molecule has 6 nitrogen and oxygen atoms in total. The molecule has 7 heteroatoms. The third-order valence-electron chi connectivity index (χ3n) is 4.19. The second kappa shape index (κ2) is 6.82. The molecule has 0 bridgehead atoms. The van der Waals surface area contributed by atoms with Crippen LogP contribution in [0.4, 0.5) is 0 Å². The van der Waals surface area contributed by atoms with Gasteiger partial charge in [0.1, 0.15) is 0 Å². The Hall–Kier alpha value is -1.70. The maximum absolute atomic E-state index is 12.0. The summed E-state index contributed by atoms with van der Waals surface area (Å²) in [5.41, 5.74) is 1.18. The molecule has 124 valence electrons. The van der Waals surface area contributed by atoms with Crippen LogP contribution in [0, 0.1) is 0 Å². The Morgan fingerprint density at radius 3 is 2.70 bits per heavy atom. The summed E-state index contributed by atoms with van der Waals surface area (Å²) >= 11 is 0. The number of rotatable bonds is 6. The lowest BCUT2D eigenvalue weighted by Gasteiger charge is -2.13. The molecule has 1 aliphatic carbocycles. The van der Waals surface area contributed by atoms with Crippen LogP contribution in [0.3, 0.4) is 0 Å². The number of pyridine rings is 1. The SMILES string of the molecule is O=c1[nH]c2ccccc2cc1CCNS(=O)(=O)NC1CCCC1. The van der Waals surface area contributed by atoms with E-state index in [1.54, 1.807) is 0 Å². The molecule has 1 saturated carbocycles. The molecular formula is C16H21N3O3S. The second-order valence-electron chi connectivity index (χ2n) is 5.96. The number of hydrogen-bond donors (Lipinski definition) is 3. The lowest BCUT2D eigenvalue weighted by atomic mass is 10.1. The number of hydrogen-bond acceptors (Lipinski definition) is 3. The van der Waals surface area contributed by atoms with E-state index in [1.807, 2.05) is 30.3 Å². The molecule has 1 aliphatic rings. The standard InChI is InChI=1S/C16H21N3O3S/c20-16-13(11-12-5-1-4-8-15(12)18-16)9-10-17-23(21,22)19-14-6-2-3-7-14/h1,4-5,8,11,14,17,19H,2-3,6-7,9-10H2,(H,18,20). The first-order valence-electron chi connectivity index (χ1n) is 7.91. The zero-order valence-electron chi connectivity index (χ0n) is 12.8. The van der Waals surface area contributed by atoms with Gasteiger partial charge in [0.25, 0.3) is 15.8 Å². The monoisotopic (exact) mass is 335 g/mol. The Morgan fingerprint density at radius 2 is 1.91 bits per heavy atom. The molecule has 0 spiro atoms. The van der Waals surface area contributed by atoms with Gasteiger partial charge in [0, 0.05) is 23.7 Å². The molecule has 3 N–H and O–H groups in total. The summed E-state index contributed by atoms with van der Waals surface area (Å²) in [6, 6.07) is 9.37.